The normalized spacial score (nSPS) is 10.0. The van der Waals surface area contributed by atoms with E-state index in [4.69, 9.17) is 12.2 Å². The van der Waals surface area contributed by atoms with Gasteiger partial charge in [-0.25, -0.2) is 0 Å². The molecule has 0 saturated carbocycles. The van der Waals surface area contributed by atoms with Gasteiger partial charge in [0.15, 0.2) is 5.11 Å². The van der Waals surface area contributed by atoms with E-state index in [1.807, 2.05) is 31.2 Å². The zero-order valence-electron chi connectivity index (χ0n) is 13.9. The van der Waals surface area contributed by atoms with Crippen molar-refractivity contribution >= 4 is 63.1 Å². The topological polar surface area (TPSA) is 70.2 Å². The second-order valence-electron chi connectivity index (χ2n) is 5.32. The van der Waals surface area contributed by atoms with Crippen molar-refractivity contribution in [1.29, 1.82) is 0 Å². The number of carbonyl (C=O) groups excluding carboxylic acids is 2. The number of rotatable bonds is 4. The van der Waals surface area contributed by atoms with Gasteiger partial charge in [0.1, 0.15) is 0 Å². The summed E-state index contributed by atoms with van der Waals surface area (Å²) in [5, 5.41) is 8.66. The van der Waals surface area contributed by atoms with Crippen LogP contribution in [0.3, 0.4) is 0 Å². The predicted octanol–water partition coefficient (Wildman–Crippen LogP) is 4.07. The first-order valence-corrected chi connectivity index (χ1v) is 9.16. The molecule has 7 heteroatoms. The number of halogens is 1. The summed E-state index contributed by atoms with van der Waals surface area (Å²) >= 11 is 7.31. The van der Waals surface area contributed by atoms with Crippen LogP contribution < -0.4 is 16.0 Å². The summed E-state index contributed by atoms with van der Waals surface area (Å²) < 4.78 is 0.848. The highest BCUT2D eigenvalue weighted by Gasteiger charge is 2.11. The van der Waals surface area contributed by atoms with Crippen molar-refractivity contribution in [3.8, 4) is 0 Å². The molecule has 2 aromatic rings. The molecule has 0 aliphatic carbocycles. The number of hydrogen-bond donors (Lipinski definition) is 3. The van der Waals surface area contributed by atoms with E-state index < -0.39 is 0 Å². The highest BCUT2D eigenvalue weighted by atomic mass is 127. The van der Waals surface area contributed by atoms with Gasteiger partial charge < -0.3 is 10.6 Å². The van der Waals surface area contributed by atoms with Crippen molar-refractivity contribution in [2.24, 2.45) is 0 Å². The molecule has 2 aromatic carbocycles. The average Bonchev–Trinajstić information content (AvgIpc) is 2.57. The highest BCUT2D eigenvalue weighted by Crippen LogP contribution is 2.20. The molecule has 5 nitrogen and oxygen atoms in total. The van der Waals surface area contributed by atoms with Gasteiger partial charge in [-0.2, -0.15) is 0 Å². The third-order valence-electron chi connectivity index (χ3n) is 3.44. The van der Waals surface area contributed by atoms with E-state index in [-0.39, 0.29) is 16.9 Å². The Morgan fingerprint density at radius 2 is 1.84 bits per heavy atom. The molecule has 25 heavy (non-hydrogen) atoms. The second kappa shape index (κ2) is 8.91. The van der Waals surface area contributed by atoms with Crippen molar-refractivity contribution < 1.29 is 9.59 Å². The van der Waals surface area contributed by atoms with E-state index in [1.54, 1.807) is 25.1 Å². The lowest BCUT2D eigenvalue weighted by Crippen LogP contribution is -2.34. The zero-order chi connectivity index (χ0) is 18.4. The van der Waals surface area contributed by atoms with Crippen LogP contribution in [0.4, 0.5) is 11.4 Å². The number of benzene rings is 2. The Kier molecular flexibility index (Phi) is 6.89. The summed E-state index contributed by atoms with van der Waals surface area (Å²) in [5.74, 6) is -0.330. The lowest BCUT2D eigenvalue weighted by molar-refractivity contribution is -0.115. The SMILES string of the molecule is CCC(=O)Nc1cc(NC(=S)NC(=O)c2ccccc2I)ccc1C. The van der Waals surface area contributed by atoms with Crippen molar-refractivity contribution in [2.45, 2.75) is 20.3 Å². The molecule has 0 radical (unpaired) electrons. The molecule has 0 saturated heterocycles. The third-order valence-corrected chi connectivity index (χ3v) is 4.58. The molecule has 0 atom stereocenters. The minimum Gasteiger partial charge on any atom is -0.332 e. The van der Waals surface area contributed by atoms with Gasteiger partial charge in [0.25, 0.3) is 5.91 Å². The van der Waals surface area contributed by atoms with Crippen LogP contribution in [0.2, 0.25) is 0 Å². The largest absolute Gasteiger partial charge is 0.332 e. The van der Waals surface area contributed by atoms with Crippen molar-refractivity contribution in [2.75, 3.05) is 10.6 Å². The first-order chi connectivity index (χ1) is 11.9. The van der Waals surface area contributed by atoms with Crippen LogP contribution >= 0.6 is 34.8 Å². The fraction of sp³-hybridized carbons (Fsp3) is 0.167. The van der Waals surface area contributed by atoms with Gasteiger partial charge in [-0.15, -0.1) is 0 Å². The van der Waals surface area contributed by atoms with Gasteiger partial charge in [-0.05, 0) is 71.6 Å². The second-order valence-corrected chi connectivity index (χ2v) is 6.89. The van der Waals surface area contributed by atoms with Gasteiger partial charge in [0, 0.05) is 21.4 Å². The van der Waals surface area contributed by atoms with Crippen molar-refractivity contribution in [3.05, 3.63) is 57.2 Å². The number of anilines is 2. The number of carbonyl (C=O) groups is 2. The zero-order valence-corrected chi connectivity index (χ0v) is 16.8. The van der Waals surface area contributed by atoms with Crippen LogP contribution in [-0.4, -0.2) is 16.9 Å². The van der Waals surface area contributed by atoms with E-state index >= 15 is 0 Å². The van der Waals surface area contributed by atoms with Crippen LogP contribution in [0.5, 0.6) is 0 Å². The molecule has 0 bridgehead atoms. The summed E-state index contributed by atoms with van der Waals surface area (Å²) in [6.07, 6.45) is 0.404. The number of thiocarbonyl (C=S) groups is 1. The van der Waals surface area contributed by atoms with E-state index in [1.165, 1.54) is 0 Å². The predicted molar refractivity (Wildman–Crippen MR) is 113 cm³/mol. The number of amides is 2. The Bertz CT molecular complexity index is 824. The molecule has 2 amide bonds. The Hall–Kier alpha value is -2.00. The number of nitrogens with one attached hydrogen (secondary N) is 3. The lowest BCUT2D eigenvalue weighted by atomic mass is 10.1. The Balaban J connectivity index is 2.05. The summed E-state index contributed by atoms with van der Waals surface area (Å²) in [5.41, 5.74) is 2.90. The molecule has 130 valence electrons. The van der Waals surface area contributed by atoms with Crippen molar-refractivity contribution in [3.63, 3.8) is 0 Å². The van der Waals surface area contributed by atoms with Gasteiger partial charge in [-0.3, -0.25) is 14.9 Å². The van der Waals surface area contributed by atoms with Crippen LogP contribution in [0, 0.1) is 10.5 Å². The average molecular weight is 467 g/mol. The van der Waals surface area contributed by atoms with Crippen LogP contribution in [0.1, 0.15) is 29.3 Å². The van der Waals surface area contributed by atoms with Gasteiger partial charge in [0.2, 0.25) is 5.91 Å². The quantitative estimate of drug-likeness (QED) is 0.469. The number of aryl methyl sites for hydroxylation is 1. The van der Waals surface area contributed by atoms with Crippen LogP contribution in [0.25, 0.3) is 0 Å². The molecule has 0 unspecified atom stereocenters. The Morgan fingerprint density at radius 1 is 1.12 bits per heavy atom. The van der Waals surface area contributed by atoms with E-state index in [0.717, 1.165) is 9.13 Å². The van der Waals surface area contributed by atoms with Gasteiger partial charge in [0.05, 0.1) is 5.56 Å². The minimum atomic E-state index is -0.269. The van der Waals surface area contributed by atoms with Gasteiger partial charge in [-0.1, -0.05) is 25.1 Å². The molecule has 0 aromatic heterocycles. The van der Waals surface area contributed by atoms with E-state index in [0.29, 0.717) is 23.4 Å². The van der Waals surface area contributed by atoms with Crippen molar-refractivity contribution in [1.82, 2.24) is 5.32 Å². The molecule has 2 rings (SSSR count). The molecule has 0 spiro atoms. The monoisotopic (exact) mass is 467 g/mol. The molecule has 0 fully saturated rings. The fourth-order valence-electron chi connectivity index (χ4n) is 2.05. The smallest absolute Gasteiger partial charge is 0.258 e. The standard InChI is InChI=1S/C18H18IN3O2S/c1-3-16(23)21-15-10-12(9-8-11(15)2)20-18(25)22-17(24)13-6-4-5-7-14(13)19/h4-10H,3H2,1-2H3,(H,21,23)(H2,20,22,24,25). The third kappa shape index (κ3) is 5.50. The highest BCUT2D eigenvalue weighted by molar-refractivity contribution is 14.1. The lowest BCUT2D eigenvalue weighted by Gasteiger charge is -2.13. The number of hydrogen-bond acceptors (Lipinski definition) is 3. The molecular weight excluding hydrogens is 449 g/mol. The summed E-state index contributed by atoms with van der Waals surface area (Å²) in [4.78, 5) is 23.9. The fourth-order valence-corrected chi connectivity index (χ4v) is 2.89. The minimum absolute atomic E-state index is 0.0604. The molecule has 0 aliphatic rings. The maximum atomic E-state index is 12.3. The summed E-state index contributed by atoms with van der Waals surface area (Å²) in [6.45, 7) is 3.70. The summed E-state index contributed by atoms with van der Waals surface area (Å²) in [6, 6.07) is 12.8. The maximum Gasteiger partial charge on any atom is 0.258 e. The van der Waals surface area contributed by atoms with Crippen LogP contribution in [-0.2, 0) is 4.79 Å². The molecule has 0 aliphatic heterocycles. The Morgan fingerprint density at radius 3 is 2.52 bits per heavy atom. The first kappa shape index (κ1) is 19.3. The van der Waals surface area contributed by atoms with Crippen LogP contribution in [0.15, 0.2) is 42.5 Å². The first-order valence-electron chi connectivity index (χ1n) is 7.68. The molecule has 0 heterocycles. The Labute approximate surface area is 165 Å². The van der Waals surface area contributed by atoms with E-state index in [9.17, 15) is 9.59 Å². The molecule has 3 N–H and O–H groups in total. The maximum absolute atomic E-state index is 12.3. The van der Waals surface area contributed by atoms with Gasteiger partial charge >= 0.3 is 0 Å². The van der Waals surface area contributed by atoms with E-state index in [2.05, 4.69) is 38.5 Å². The summed E-state index contributed by atoms with van der Waals surface area (Å²) in [7, 11) is 0. The molecular formula is C18H18IN3O2S.